The molecule has 330 valence electrons. The molecule has 16 heteroatoms. The van der Waals surface area contributed by atoms with E-state index in [0.29, 0.717) is 62.6 Å². The van der Waals surface area contributed by atoms with Gasteiger partial charge in [0.1, 0.15) is 34.1 Å². The molecule has 5 aliphatic heterocycles. The highest BCUT2D eigenvalue weighted by molar-refractivity contribution is 6.07. The van der Waals surface area contributed by atoms with Crippen LogP contribution < -0.4 is 34.9 Å². The van der Waals surface area contributed by atoms with Gasteiger partial charge in [-0.2, -0.15) is 0 Å². The van der Waals surface area contributed by atoms with Crippen LogP contribution in [0.3, 0.4) is 0 Å². The van der Waals surface area contributed by atoms with E-state index >= 15 is 0 Å². The molecule has 60 heavy (non-hydrogen) atoms. The molecule has 6 amide bonds. The third kappa shape index (κ3) is 10.4. The number of imide groups is 1. The van der Waals surface area contributed by atoms with Crippen LogP contribution in [-0.2, 0) is 22.6 Å². The van der Waals surface area contributed by atoms with Gasteiger partial charge in [0, 0.05) is 42.4 Å². The van der Waals surface area contributed by atoms with Gasteiger partial charge in [-0.3, -0.25) is 14.6 Å². The first-order valence-electron chi connectivity index (χ1n) is 20.3. The number of ether oxygens (including phenoxy) is 5. The molecule has 4 fully saturated rings. The zero-order chi connectivity index (χ0) is 43.1. The summed E-state index contributed by atoms with van der Waals surface area (Å²) in [6, 6.07) is 8.78. The van der Waals surface area contributed by atoms with Gasteiger partial charge in [0.15, 0.2) is 0 Å². The molecule has 0 bridgehead atoms. The predicted octanol–water partition coefficient (Wildman–Crippen LogP) is 6.88. The first-order valence-corrected chi connectivity index (χ1v) is 20.3. The number of urea groups is 2. The number of amides is 6. The maximum atomic E-state index is 13.1. The standard InChI is InChI=1S/C24H33N3O5.C16H21N3O4.C4H8.ClH/c1-15-11-19-24(7-9-26(10-8-24)22(29)32-23(2,3)4)25-21(28)27(19)14-16-12-17(30-5)13-18(31-6)20(15)16;1-22-12-7-11(8-13(9-12)23-2)10-19-14(20)16(18-15(19)21)3-5-17-6-4-16;1-3-4-2;/h11-13,15H,7-10,14H2,1-6H3,(H,25,28);7-9,17H,3-6,10H2,1-2H3,(H,18,21);3H,1,4H2,2H3;1H. The second-order valence-corrected chi connectivity index (χ2v) is 16.4. The number of halogens is 1. The van der Waals surface area contributed by atoms with Crippen LogP contribution in [0.15, 0.2) is 54.8 Å². The Morgan fingerprint density at radius 3 is 1.95 bits per heavy atom. The normalized spacial score (nSPS) is 19.7. The van der Waals surface area contributed by atoms with Gasteiger partial charge in [-0.25, -0.2) is 14.4 Å². The van der Waals surface area contributed by atoms with Gasteiger partial charge in [-0.05, 0) is 95.3 Å². The van der Waals surface area contributed by atoms with Crippen molar-refractivity contribution in [2.45, 2.75) is 102 Å². The maximum absolute atomic E-state index is 13.1. The van der Waals surface area contributed by atoms with Crippen molar-refractivity contribution in [2.24, 2.45) is 0 Å². The molecule has 5 aliphatic rings. The Morgan fingerprint density at radius 2 is 1.42 bits per heavy atom. The van der Waals surface area contributed by atoms with E-state index in [1.54, 1.807) is 51.5 Å². The lowest BCUT2D eigenvalue weighted by atomic mass is 9.83. The van der Waals surface area contributed by atoms with E-state index in [1.165, 1.54) is 4.90 Å². The van der Waals surface area contributed by atoms with Gasteiger partial charge in [0.05, 0.1) is 47.1 Å². The number of hydrogen-bond acceptors (Lipinski definition) is 10. The molecule has 0 aromatic heterocycles. The zero-order valence-corrected chi connectivity index (χ0v) is 37.3. The van der Waals surface area contributed by atoms with Gasteiger partial charge in [-0.1, -0.05) is 26.0 Å². The average molecular weight is 855 g/mol. The summed E-state index contributed by atoms with van der Waals surface area (Å²) >= 11 is 0. The minimum absolute atomic E-state index is 0. The molecule has 1 unspecified atom stereocenters. The van der Waals surface area contributed by atoms with Crippen molar-refractivity contribution >= 4 is 36.5 Å². The van der Waals surface area contributed by atoms with Crippen molar-refractivity contribution in [1.82, 2.24) is 30.7 Å². The van der Waals surface area contributed by atoms with Crippen LogP contribution in [0.5, 0.6) is 23.0 Å². The SMILES string of the molecule is C=CCC.COc1cc(CN2C(=O)NC3(CCNCC3)C2=O)cc(OC)c1.COc1cc2c(c(OC)c1)C(C)C=C1N(C2)C(=O)NC12CCN(C(=O)OC(C)(C)C)CC2.Cl. The molecule has 5 heterocycles. The third-order valence-corrected chi connectivity index (χ3v) is 11.2. The molecular formula is C44H63ClN6O9. The van der Waals surface area contributed by atoms with Crippen LogP contribution in [-0.4, -0.2) is 110 Å². The fourth-order valence-electron chi connectivity index (χ4n) is 8.12. The smallest absolute Gasteiger partial charge is 0.410 e. The van der Waals surface area contributed by atoms with Gasteiger partial charge in [0.2, 0.25) is 0 Å². The van der Waals surface area contributed by atoms with Gasteiger partial charge >= 0.3 is 18.2 Å². The van der Waals surface area contributed by atoms with Crippen LogP contribution in [0.1, 0.15) is 89.3 Å². The molecule has 2 aromatic rings. The van der Waals surface area contributed by atoms with Crippen LogP contribution in [0.25, 0.3) is 0 Å². The minimum Gasteiger partial charge on any atom is -0.497 e. The first kappa shape index (κ1) is 47.5. The number of carbonyl (C=O) groups is 4. The topological polar surface area (TPSA) is 160 Å². The molecule has 2 aromatic carbocycles. The fraction of sp³-hybridized carbons (Fsp3) is 0.545. The Balaban J connectivity index is 0.000000249. The van der Waals surface area contributed by atoms with Crippen molar-refractivity contribution in [3.8, 4) is 23.0 Å². The number of nitrogens with one attached hydrogen (secondary N) is 3. The first-order chi connectivity index (χ1) is 28.1. The monoisotopic (exact) mass is 854 g/mol. The highest BCUT2D eigenvalue weighted by Gasteiger charge is 2.52. The molecule has 0 radical (unpaired) electrons. The largest absolute Gasteiger partial charge is 0.497 e. The van der Waals surface area contributed by atoms with Crippen molar-refractivity contribution < 1.29 is 42.9 Å². The number of hydrogen-bond donors (Lipinski definition) is 3. The number of benzene rings is 2. The Morgan fingerprint density at radius 1 is 0.850 bits per heavy atom. The van der Waals surface area contributed by atoms with Crippen molar-refractivity contribution in [1.29, 1.82) is 0 Å². The van der Waals surface area contributed by atoms with Crippen molar-refractivity contribution in [2.75, 3.05) is 54.6 Å². The second-order valence-electron chi connectivity index (χ2n) is 16.4. The summed E-state index contributed by atoms with van der Waals surface area (Å²) in [5.41, 5.74) is 2.10. The Labute approximate surface area is 360 Å². The van der Waals surface area contributed by atoms with Gasteiger partial charge < -0.3 is 44.5 Å². The molecular weight excluding hydrogens is 792 g/mol. The van der Waals surface area contributed by atoms with Crippen molar-refractivity contribution in [3.05, 3.63) is 71.5 Å². The molecule has 0 aliphatic carbocycles. The quantitative estimate of drug-likeness (QED) is 0.198. The number of nitrogens with zero attached hydrogens (tertiary/aromatic N) is 3. The number of carbonyl (C=O) groups excluding carboxylic acids is 4. The van der Waals surface area contributed by atoms with Crippen LogP contribution in [0, 0.1) is 0 Å². The minimum atomic E-state index is -0.745. The molecule has 3 N–H and O–H groups in total. The summed E-state index contributed by atoms with van der Waals surface area (Å²) in [6.07, 6.45) is 7.35. The lowest BCUT2D eigenvalue weighted by Gasteiger charge is -2.40. The van der Waals surface area contributed by atoms with Crippen LogP contribution in [0.4, 0.5) is 14.4 Å². The summed E-state index contributed by atoms with van der Waals surface area (Å²) < 4.78 is 27.1. The molecule has 15 nitrogen and oxygen atoms in total. The highest BCUT2D eigenvalue weighted by atomic mass is 35.5. The maximum Gasteiger partial charge on any atom is 0.410 e. The summed E-state index contributed by atoms with van der Waals surface area (Å²) in [7, 11) is 6.41. The Bertz CT molecular complexity index is 1900. The number of fused-ring (bicyclic) bond motifs is 3. The van der Waals surface area contributed by atoms with E-state index in [4.69, 9.17) is 23.7 Å². The molecule has 1 atom stereocenters. The van der Waals surface area contributed by atoms with E-state index in [-0.39, 0.29) is 48.9 Å². The number of rotatable bonds is 7. The Hall–Kier alpha value is -5.15. The van der Waals surface area contributed by atoms with Gasteiger partial charge in [-0.15, -0.1) is 19.0 Å². The lowest BCUT2D eigenvalue weighted by molar-refractivity contribution is -0.132. The fourth-order valence-corrected chi connectivity index (χ4v) is 8.12. The molecule has 0 saturated carbocycles. The number of piperidine rings is 2. The summed E-state index contributed by atoms with van der Waals surface area (Å²) in [6.45, 7) is 16.4. The van der Waals surface area contributed by atoms with E-state index in [0.717, 1.165) is 47.6 Å². The highest BCUT2D eigenvalue weighted by Crippen LogP contribution is 2.45. The van der Waals surface area contributed by atoms with E-state index in [9.17, 15) is 19.2 Å². The second kappa shape index (κ2) is 19.9. The van der Waals surface area contributed by atoms with Crippen molar-refractivity contribution in [3.63, 3.8) is 0 Å². The average Bonchev–Trinajstić information content (AvgIpc) is 3.50. The third-order valence-electron chi connectivity index (χ3n) is 11.2. The number of methoxy groups -OCH3 is 4. The predicted molar refractivity (Wildman–Crippen MR) is 231 cm³/mol. The Kier molecular flexibility index (Phi) is 15.8. The lowest BCUT2D eigenvalue weighted by Crippen LogP contribution is -2.53. The summed E-state index contributed by atoms with van der Waals surface area (Å²) in [4.78, 5) is 55.5. The molecule has 4 saturated heterocycles. The van der Waals surface area contributed by atoms with Crippen LogP contribution in [0.2, 0.25) is 0 Å². The van der Waals surface area contributed by atoms with E-state index < -0.39 is 16.7 Å². The number of likely N-dealkylation sites (tertiary alicyclic amines) is 1. The number of allylic oxidation sites excluding steroid dienone is 2. The summed E-state index contributed by atoms with van der Waals surface area (Å²) in [5.74, 6) is 2.63. The summed E-state index contributed by atoms with van der Waals surface area (Å²) in [5, 5.41) is 9.33. The van der Waals surface area contributed by atoms with Gasteiger partial charge in [0.25, 0.3) is 5.91 Å². The zero-order valence-electron chi connectivity index (χ0n) is 36.5. The van der Waals surface area contributed by atoms with Crippen LogP contribution >= 0.6 is 12.4 Å². The van der Waals surface area contributed by atoms with E-state index in [2.05, 4.69) is 42.5 Å². The molecule has 7 rings (SSSR count). The molecule has 2 spiro atoms. The van der Waals surface area contributed by atoms with E-state index in [1.807, 2.05) is 43.9 Å².